The second-order valence-corrected chi connectivity index (χ2v) is 9.26. The van der Waals surface area contributed by atoms with Crippen LogP contribution < -0.4 is 5.32 Å². The van der Waals surface area contributed by atoms with Gasteiger partial charge in [0.15, 0.2) is 0 Å². The van der Waals surface area contributed by atoms with E-state index in [0.717, 1.165) is 28.3 Å². The van der Waals surface area contributed by atoms with Gasteiger partial charge in [-0.25, -0.2) is 4.98 Å². The third kappa shape index (κ3) is 6.02. The van der Waals surface area contributed by atoms with E-state index in [1.54, 1.807) is 0 Å². The summed E-state index contributed by atoms with van der Waals surface area (Å²) in [5, 5.41) is 3.85. The van der Waals surface area contributed by atoms with Crippen LogP contribution in [-0.4, -0.2) is 48.6 Å². The van der Waals surface area contributed by atoms with Crippen LogP contribution in [0.2, 0.25) is 0 Å². The molecule has 1 aliphatic heterocycles. The van der Waals surface area contributed by atoms with Gasteiger partial charge in [0.05, 0.1) is 35.5 Å². The number of halogens is 3. The van der Waals surface area contributed by atoms with Crippen LogP contribution in [0.4, 0.5) is 13.2 Å². The SMILES string of the molecule is Cc1nc(Cc2ccccc2)sc1C(=O)NCC(c1ccc(C(F)(F)F)cc1)N1CCOCC1. The second kappa shape index (κ2) is 10.7. The van der Waals surface area contributed by atoms with Crippen LogP contribution in [0.3, 0.4) is 0 Å². The summed E-state index contributed by atoms with van der Waals surface area (Å²) in [5.41, 5.74) is 1.83. The monoisotopic (exact) mass is 489 g/mol. The van der Waals surface area contributed by atoms with Gasteiger partial charge in [0, 0.05) is 26.1 Å². The second-order valence-electron chi connectivity index (χ2n) is 8.18. The maximum absolute atomic E-state index is 13.0. The van der Waals surface area contributed by atoms with Crippen LogP contribution in [0.25, 0.3) is 0 Å². The van der Waals surface area contributed by atoms with Crippen molar-refractivity contribution < 1.29 is 22.7 Å². The molecule has 2 aromatic carbocycles. The topological polar surface area (TPSA) is 54.5 Å². The third-order valence-electron chi connectivity index (χ3n) is 5.81. The minimum Gasteiger partial charge on any atom is -0.379 e. The Balaban J connectivity index is 1.47. The number of rotatable bonds is 7. The standard InChI is InChI=1S/C25H26F3N3O2S/c1-17-23(34-22(30-17)15-18-5-3-2-4-6-18)24(32)29-16-21(31-11-13-33-14-12-31)19-7-9-20(10-8-19)25(26,27)28/h2-10,21H,11-16H2,1H3,(H,29,32). The normalized spacial score (nSPS) is 15.8. The van der Waals surface area contributed by atoms with Crippen molar-refractivity contribution >= 4 is 17.2 Å². The first-order valence-electron chi connectivity index (χ1n) is 11.1. The number of aromatic nitrogens is 1. The van der Waals surface area contributed by atoms with E-state index in [1.807, 2.05) is 37.3 Å². The molecule has 1 saturated heterocycles. The lowest BCUT2D eigenvalue weighted by Gasteiger charge is -2.35. The van der Waals surface area contributed by atoms with Crippen LogP contribution in [0.1, 0.15) is 43.1 Å². The number of morpholine rings is 1. The fourth-order valence-electron chi connectivity index (χ4n) is 4.02. The highest BCUT2D eigenvalue weighted by Crippen LogP contribution is 2.31. The van der Waals surface area contributed by atoms with Crippen LogP contribution >= 0.6 is 11.3 Å². The number of hydrogen-bond acceptors (Lipinski definition) is 5. The van der Waals surface area contributed by atoms with Gasteiger partial charge in [0.25, 0.3) is 5.91 Å². The molecule has 1 aromatic heterocycles. The molecule has 1 amide bonds. The maximum atomic E-state index is 13.0. The van der Waals surface area contributed by atoms with Crippen LogP contribution in [-0.2, 0) is 17.3 Å². The van der Waals surface area contributed by atoms with Gasteiger partial charge in [-0.05, 0) is 30.2 Å². The number of aryl methyl sites for hydroxylation is 1. The molecule has 4 rings (SSSR count). The molecule has 5 nitrogen and oxygen atoms in total. The number of benzene rings is 2. The van der Waals surface area contributed by atoms with Gasteiger partial charge >= 0.3 is 6.18 Å². The summed E-state index contributed by atoms with van der Waals surface area (Å²) >= 11 is 1.37. The highest BCUT2D eigenvalue weighted by Gasteiger charge is 2.31. The average Bonchev–Trinajstić information content (AvgIpc) is 3.20. The van der Waals surface area contributed by atoms with E-state index in [9.17, 15) is 18.0 Å². The number of carbonyl (C=O) groups excluding carboxylic acids is 1. The molecular formula is C25H26F3N3O2S. The molecule has 1 unspecified atom stereocenters. The van der Waals surface area contributed by atoms with Crippen molar-refractivity contribution in [2.45, 2.75) is 25.6 Å². The Bertz CT molecular complexity index is 1090. The Kier molecular flexibility index (Phi) is 7.65. The average molecular weight is 490 g/mol. The molecule has 34 heavy (non-hydrogen) atoms. The summed E-state index contributed by atoms with van der Waals surface area (Å²) in [4.78, 5) is 20.2. The van der Waals surface area contributed by atoms with E-state index >= 15 is 0 Å². The minimum atomic E-state index is -4.39. The number of carbonyl (C=O) groups is 1. The fourth-order valence-corrected chi connectivity index (χ4v) is 5.04. The number of ether oxygens (including phenoxy) is 1. The molecule has 0 radical (unpaired) electrons. The molecule has 1 atom stereocenters. The number of thiazole rings is 1. The third-order valence-corrected chi connectivity index (χ3v) is 6.97. The summed E-state index contributed by atoms with van der Waals surface area (Å²) < 4.78 is 44.4. The molecule has 3 aromatic rings. The van der Waals surface area contributed by atoms with E-state index < -0.39 is 11.7 Å². The molecule has 1 fully saturated rings. The van der Waals surface area contributed by atoms with Crippen molar-refractivity contribution in [3.8, 4) is 0 Å². The van der Waals surface area contributed by atoms with Gasteiger partial charge in [-0.15, -0.1) is 11.3 Å². The van der Waals surface area contributed by atoms with E-state index in [4.69, 9.17) is 4.74 Å². The van der Waals surface area contributed by atoms with Crippen LogP contribution in [0.5, 0.6) is 0 Å². The summed E-state index contributed by atoms with van der Waals surface area (Å²) in [6.07, 6.45) is -3.73. The quantitative estimate of drug-likeness (QED) is 0.515. The first kappa shape index (κ1) is 24.4. The minimum absolute atomic E-state index is 0.223. The predicted molar refractivity (Wildman–Crippen MR) is 125 cm³/mol. The maximum Gasteiger partial charge on any atom is 0.416 e. The van der Waals surface area contributed by atoms with Gasteiger partial charge in [-0.1, -0.05) is 42.5 Å². The number of hydrogen-bond donors (Lipinski definition) is 1. The van der Waals surface area contributed by atoms with Crippen LogP contribution in [0.15, 0.2) is 54.6 Å². The van der Waals surface area contributed by atoms with Gasteiger partial charge in [-0.2, -0.15) is 13.2 Å². The molecule has 180 valence electrons. The van der Waals surface area contributed by atoms with E-state index in [2.05, 4.69) is 15.2 Å². The first-order valence-corrected chi connectivity index (χ1v) is 11.9. The molecule has 2 heterocycles. The molecule has 1 aliphatic rings. The van der Waals surface area contributed by atoms with Gasteiger partial charge in [-0.3, -0.25) is 9.69 Å². The van der Waals surface area contributed by atoms with Crippen molar-refractivity contribution in [1.29, 1.82) is 0 Å². The number of amides is 1. The zero-order valence-corrected chi connectivity index (χ0v) is 19.6. The Morgan fingerprint density at radius 2 is 1.79 bits per heavy atom. The van der Waals surface area contributed by atoms with Crippen molar-refractivity contribution in [2.24, 2.45) is 0 Å². The summed E-state index contributed by atoms with van der Waals surface area (Å²) in [6.45, 7) is 4.46. The molecule has 1 N–H and O–H groups in total. The van der Waals surface area contributed by atoms with Gasteiger partial charge < -0.3 is 10.1 Å². The van der Waals surface area contributed by atoms with Crippen molar-refractivity contribution in [3.63, 3.8) is 0 Å². The van der Waals surface area contributed by atoms with Crippen LogP contribution in [0, 0.1) is 6.92 Å². The Labute approximate surface area is 200 Å². The lowest BCUT2D eigenvalue weighted by molar-refractivity contribution is -0.137. The number of alkyl halides is 3. The number of nitrogens with one attached hydrogen (secondary N) is 1. The zero-order chi connectivity index (χ0) is 24.1. The van der Waals surface area contributed by atoms with Gasteiger partial charge in [0.1, 0.15) is 4.88 Å². The number of nitrogens with zero attached hydrogens (tertiary/aromatic N) is 2. The van der Waals surface area contributed by atoms with E-state index in [0.29, 0.717) is 43.3 Å². The smallest absolute Gasteiger partial charge is 0.379 e. The predicted octanol–water partition coefficient (Wildman–Crippen LogP) is 4.86. The molecule has 0 bridgehead atoms. The van der Waals surface area contributed by atoms with E-state index in [-0.39, 0.29) is 18.5 Å². The first-order chi connectivity index (χ1) is 16.3. The molecule has 0 saturated carbocycles. The Morgan fingerprint density at radius 1 is 1.12 bits per heavy atom. The summed E-state index contributed by atoms with van der Waals surface area (Å²) in [6, 6.07) is 14.8. The highest BCUT2D eigenvalue weighted by molar-refractivity contribution is 7.13. The van der Waals surface area contributed by atoms with Gasteiger partial charge in [0.2, 0.25) is 0 Å². The summed E-state index contributed by atoms with van der Waals surface area (Å²) in [7, 11) is 0. The summed E-state index contributed by atoms with van der Waals surface area (Å²) in [5.74, 6) is -0.223. The van der Waals surface area contributed by atoms with Crippen molar-refractivity contribution in [1.82, 2.24) is 15.2 Å². The Morgan fingerprint density at radius 3 is 2.44 bits per heavy atom. The molecule has 0 aliphatic carbocycles. The highest BCUT2D eigenvalue weighted by atomic mass is 32.1. The fraction of sp³-hybridized carbons (Fsp3) is 0.360. The largest absolute Gasteiger partial charge is 0.416 e. The lowest BCUT2D eigenvalue weighted by Crippen LogP contribution is -2.43. The molecule has 9 heteroatoms. The molecule has 0 spiro atoms. The Hall–Kier alpha value is -2.75. The zero-order valence-electron chi connectivity index (χ0n) is 18.8. The molecular weight excluding hydrogens is 463 g/mol. The van der Waals surface area contributed by atoms with E-state index in [1.165, 1.54) is 23.5 Å². The van der Waals surface area contributed by atoms with Crippen molar-refractivity contribution in [3.05, 3.63) is 86.9 Å². The lowest BCUT2D eigenvalue weighted by atomic mass is 10.0. The van der Waals surface area contributed by atoms with Crippen molar-refractivity contribution in [2.75, 3.05) is 32.8 Å².